The first-order valence-corrected chi connectivity index (χ1v) is 11.5. The molecule has 0 saturated heterocycles. The smallest absolute Gasteiger partial charge is 0.258 e. The molecule has 0 aromatic heterocycles. The molecule has 0 N–H and O–H groups in total. The predicted octanol–water partition coefficient (Wildman–Crippen LogP) is 7.16. The molecule has 0 saturated carbocycles. The second kappa shape index (κ2) is 7.70. The number of hydrogen-bond donors (Lipinski definition) is 0. The third-order valence-electron chi connectivity index (χ3n) is 5.55. The Kier molecular flexibility index (Phi) is 6.13. The van der Waals surface area contributed by atoms with Crippen molar-refractivity contribution in [1.82, 2.24) is 0 Å². The van der Waals surface area contributed by atoms with E-state index in [9.17, 15) is 0 Å². The van der Waals surface area contributed by atoms with Gasteiger partial charge in [0, 0.05) is 6.42 Å². The molecule has 2 heteroatoms. The van der Waals surface area contributed by atoms with Gasteiger partial charge in [-0.25, -0.2) is 0 Å². The Bertz CT molecular complexity index is 506. The fourth-order valence-corrected chi connectivity index (χ4v) is 9.86. The summed E-state index contributed by atoms with van der Waals surface area (Å²) in [6.07, 6.45) is 4.84. The topological polar surface area (TPSA) is 9.23 Å². The molecule has 0 radical (unpaired) electrons. The van der Waals surface area contributed by atoms with E-state index in [0.717, 1.165) is 12.8 Å². The summed E-state index contributed by atoms with van der Waals surface area (Å²) in [6, 6.07) is 10.9. The zero-order chi connectivity index (χ0) is 17.0. The van der Waals surface area contributed by atoms with Crippen molar-refractivity contribution in [3.63, 3.8) is 0 Å². The molecule has 128 valence electrons. The van der Waals surface area contributed by atoms with Crippen molar-refractivity contribution >= 4 is 13.9 Å². The monoisotopic (exact) mass is 330 g/mol. The van der Waals surface area contributed by atoms with Crippen molar-refractivity contribution in [2.24, 2.45) is 0 Å². The van der Waals surface area contributed by atoms with Gasteiger partial charge in [0.25, 0.3) is 8.32 Å². The van der Waals surface area contributed by atoms with Gasteiger partial charge in [-0.1, -0.05) is 71.9 Å². The first-order chi connectivity index (χ1) is 10.9. The van der Waals surface area contributed by atoms with Crippen molar-refractivity contribution in [1.29, 1.82) is 0 Å². The summed E-state index contributed by atoms with van der Waals surface area (Å²) in [5, 5.41) is 0. The standard InChI is InChI=1S/C21H34OSi/c1-16(2)23(17(3)4,18(5)6)22-21-15-11-10-14-20(21)19-12-8-7-9-13-19/h7-9,12-13,16-18H,10-11,14-15H2,1-6H3. The summed E-state index contributed by atoms with van der Waals surface area (Å²) in [5.41, 5.74) is 4.73. The lowest BCUT2D eigenvalue weighted by Crippen LogP contribution is -2.47. The molecule has 2 rings (SSSR count). The van der Waals surface area contributed by atoms with Crippen LogP contribution in [-0.2, 0) is 4.43 Å². The van der Waals surface area contributed by atoms with Gasteiger partial charge in [0.2, 0.25) is 0 Å². The van der Waals surface area contributed by atoms with Gasteiger partial charge < -0.3 is 4.43 Å². The van der Waals surface area contributed by atoms with Gasteiger partial charge in [-0.15, -0.1) is 0 Å². The van der Waals surface area contributed by atoms with Crippen LogP contribution in [0, 0.1) is 0 Å². The zero-order valence-corrected chi connectivity index (χ0v) is 16.9. The van der Waals surface area contributed by atoms with E-state index in [0.29, 0.717) is 16.6 Å². The number of allylic oxidation sites excluding steroid dienone is 2. The Morgan fingerprint density at radius 1 is 0.783 bits per heavy atom. The highest BCUT2D eigenvalue weighted by molar-refractivity contribution is 6.77. The largest absolute Gasteiger partial charge is 0.545 e. The Labute approximate surface area is 144 Å². The molecule has 1 nitrogen and oxygen atoms in total. The van der Waals surface area contributed by atoms with Gasteiger partial charge >= 0.3 is 0 Å². The van der Waals surface area contributed by atoms with Crippen LogP contribution in [-0.4, -0.2) is 8.32 Å². The maximum absolute atomic E-state index is 7.05. The maximum Gasteiger partial charge on any atom is 0.258 e. The molecule has 1 aromatic rings. The van der Waals surface area contributed by atoms with Crippen molar-refractivity contribution in [3.8, 4) is 0 Å². The van der Waals surface area contributed by atoms with Gasteiger partial charge in [-0.3, -0.25) is 0 Å². The Balaban J connectivity index is 2.45. The van der Waals surface area contributed by atoms with Gasteiger partial charge in [-0.2, -0.15) is 0 Å². The van der Waals surface area contributed by atoms with Crippen LogP contribution in [0.15, 0.2) is 36.1 Å². The molecule has 0 amide bonds. The van der Waals surface area contributed by atoms with Crippen molar-refractivity contribution in [3.05, 3.63) is 41.7 Å². The molecule has 1 aromatic carbocycles. The first kappa shape index (κ1) is 18.3. The highest BCUT2D eigenvalue weighted by Crippen LogP contribution is 2.46. The first-order valence-electron chi connectivity index (χ1n) is 9.36. The van der Waals surface area contributed by atoms with Gasteiger partial charge in [0.1, 0.15) is 0 Å². The molecule has 23 heavy (non-hydrogen) atoms. The lowest BCUT2D eigenvalue weighted by Gasteiger charge is -2.44. The van der Waals surface area contributed by atoms with Crippen LogP contribution in [0.2, 0.25) is 16.6 Å². The fourth-order valence-electron chi connectivity index (χ4n) is 4.50. The molecule has 0 spiro atoms. The number of rotatable bonds is 6. The molecule has 0 aliphatic heterocycles. The molecule has 0 bridgehead atoms. The van der Waals surface area contributed by atoms with Crippen molar-refractivity contribution in [2.45, 2.75) is 83.8 Å². The van der Waals surface area contributed by atoms with Crippen molar-refractivity contribution in [2.75, 3.05) is 0 Å². The molecule has 1 aliphatic carbocycles. The van der Waals surface area contributed by atoms with Gasteiger partial charge in [0.15, 0.2) is 0 Å². The Morgan fingerprint density at radius 3 is 1.83 bits per heavy atom. The third-order valence-corrected chi connectivity index (χ3v) is 11.6. The molecule has 0 heterocycles. The molecular formula is C21H34OSi. The quantitative estimate of drug-likeness (QED) is 0.503. The normalized spacial score (nSPS) is 16.6. The third kappa shape index (κ3) is 3.73. The highest BCUT2D eigenvalue weighted by atomic mass is 28.4. The fraction of sp³-hybridized carbons (Fsp3) is 0.619. The van der Waals surface area contributed by atoms with E-state index in [1.165, 1.54) is 29.7 Å². The SMILES string of the molecule is CC(C)[Si](OC1=C(c2ccccc2)CCCC1)(C(C)C)C(C)C. The summed E-state index contributed by atoms with van der Waals surface area (Å²) in [5.74, 6) is 1.31. The van der Waals surface area contributed by atoms with Gasteiger partial charge in [0.05, 0.1) is 5.76 Å². The van der Waals surface area contributed by atoms with E-state index in [1.807, 2.05) is 0 Å². The van der Waals surface area contributed by atoms with Crippen LogP contribution in [0.3, 0.4) is 0 Å². The second-order valence-electron chi connectivity index (χ2n) is 7.89. The second-order valence-corrected chi connectivity index (χ2v) is 13.3. The van der Waals surface area contributed by atoms with Crippen LogP contribution >= 0.6 is 0 Å². The molecule has 0 fully saturated rings. The minimum absolute atomic E-state index is 0.633. The minimum atomic E-state index is -1.85. The highest BCUT2D eigenvalue weighted by Gasteiger charge is 2.47. The van der Waals surface area contributed by atoms with E-state index in [4.69, 9.17) is 4.43 Å². The summed E-state index contributed by atoms with van der Waals surface area (Å²) in [6.45, 7) is 14.2. The van der Waals surface area contributed by atoms with Crippen LogP contribution in [0.5, 0.6) is 0 Å². The van der Waals surface area contributed by atoms with Crippen LogP contribution in [0.4, 0.5) is 0 Å². The average Bonchev–Trinajstić information content (AvgIpc) is 2.52. The Hall–Kier alpha value is -1.02. The van der Waals surface area contributed by atoms with E-state index in [1.54, 1.807) is 0 Å². The van der Waals surface area contributed by atoms with Crippen LogP contribution in [0.25, 0.3) is 5.57 Å². The van der Waals surface area contributed by atoms with Gasteiger partial charge in [-0.05, 0) is 47.0 Å². The number of hydrogen-bond acceptors (Lipinski definition) is 1. The zero-order valence-electron chi connectivity index (χ0n) is 15.9. The van der Waals surface area contributed by atoms with E-state index < -0.39 is 8.32 Å². The molecule has 0 unspecified atom stereocenters. The molecular weight excluding hydrogens is 296 g/mol. The minimum Gasteiger partial charge on any atom is -0.545 e. The van der Waals surface area contributed by atoms with Crippen LogP contribution in [0.1, 0.15) is 72.8 Å². The summed E-state index contributed by atoms with van der Waals surface area (Å²) < 4.78 is 7.05. The predicted molar refractivity (Wildman–Crippen MR) is 104 cm³/mol. The van der Waals surface area contributed by atoms with E-state index in [2.05, 4.69) is 71.9 Å². The molecule has 0 atom stereocenters. The summed E-state index contributed by atoms with van der Waals surface area (Å²) in [7, 11) is -1.85. The lowest BCUT2D eigenvalue weighted by atomic mass is 9.92. The molecule has 1 aliphatic rings. The maximum atomic E-state index is 7.05. The average molecular weight is 331 g/mol. The Morgan fingerprint density at radius 2 is 1.30 bits per heavy atom. The van der Waals surface area contributed by atoms with E-state index in [-0.39, 0.29) is 0 Å². The lowest BCUT2D eigenvalue weighted by molar-refractivity contribution is 0.345. The number of benzene rings is 1. The van der Waals surface area contributed by atoms with Crippen molar-refractivity contribution < 1.29 is 4.43 Å². The van der Waals surface area contributed by atoms with Crippen LogP contribution < -0.4 is 0 Å². The summed E-state index contributed by atoms with van der Waals surface area (Å²) in [4.78, 5) is 0. The van der Waals surface area contributed by atoms with E-state index >= 15 is 0 Å². The summed E-state index contributed by atoms with van der Waals surface area (Å²) >= 11 is 0.